The summed E-state index contributed by atoms with van der Waals surface area (Å²) in [6.45, 7) is 4.14. The van der Waals surface area contributed by atoms with E-state index in [1.165, 1.54) is 17.5 Å². The molecule has 1 atom stereocenters. The van der Waals surface area contributed by atoms with Crippen LogP contribution in [0.2, 0.25) is 0 Å². The van der Waals surface area contributed by atoms with Crippen molar-refractivity contribution in [2.75, 3.05) is 33.3 Å². The Morgan fingerprint density at radius 1 is 1.00 bits per heavy atom. The fourth-order valence-electron chi connectivity index (χ4n) is 4.60. The summed E-state index contributed by atoms with van der Waals surface area (Å²) in [7, 11) is -1.90. The van der Waals surface area contributed by atoms with Crippen molar-refractivity contribution < 1.29 is 17.9 Å². The van der Waals surface area contributed by atoms with Crippen LogP contribution in [-0.2, 0) is 34.2 Å². The van der Waals surface area contributed by atoms with Crippen LogP contribution in [0.15, 0.2) is 47.4 Å². The van der Waals surface area contributed by atoms with E-state index in [-0.39, 0.29) is 11.9 Å². The zero-order chi connectivity index (χ0) is 23.4. The number of sulfonamides is 1. The van der Waals surface area contributed by atoms with Crippen LogP contribution in [0, 0.1) is 0 Å². The minimum absolute atomic E-state index is 0.0585. The quantitative estimate of drug-likeness (QED) is 0.672. The number of aryl methyl sites for hydroxylation is 2. The molecule has 7 nitrogen and oxygen atoms in total. The molecule has 8 heteroatoms. The van der Waals surface area contributed by atoms with Gasteiger partial charge in [0.25, 0.3) is 0 Å². The topological polar surface area (TPSA) is 79.0 Å². The summed E-state index contributed by atoms with van der Waals surface area (Å²) in [4.78, 5) is 15.1. The largest absolute Gasteiger partial charge is 0.497 e. The summed E-state index contributed by atoms with van der Waals surface area (Å²) in [6.07, 6.45) is 4.28. The predicted molar refractivity (Wildman–Crippen MR) is 128 cm³/mol. The number of carbonyl (C=O) groups is 1. The van der Waals surface area contributed by atoms with Crippen LogP contribution in [0.1, 0.15) is 36.5 Å². The Hall–Kier alpha value is -2.42. The molecule has 1 saturated heterocycles. The summed E-state index contributed by atoms with van der Waals surface area (Å²) in [5, 5.41) is 2.98. The third-order valence-electron chi connectivity index (χ3n) is 6.78. The Morgan fingerprint density at radius 2 is 1.67 bits per heavy atom. The van der Waals surface area contributed by atoms with E-state index in [2.05, 4.69) is 5.32 Å². The maximum absolute atomic E-state index is 13.2. The highest BCUT2D eigenvalue weighted by molar-refractivity contribution is 7.89. The van der Waals surface area contributed by atoms with Crippen LogP contribution < -0.4 is 10.1 Å². The zero-order valence-electron chi connectivity index (χ0n) is 19.4. The molecule has 33 heavy (non-hydrogen) atoms. The molecule has 0 aromatic heterocycles. The van der Waals surface area contributed by atoms with Gasteiger partial charge in [0, 0.05) is 32.7 Å². The van der Waals surface area contributed by atoms with Gasteiger partial charge in [0.1, 0.15) is 5.75 Å². The van der Waals surface area contributed by atoms with Gasteiger partial charge < -0.3 is 10.1 Å². The van der Waals surface area contributed by atoms with Gasteiger partial charge in [-0.25, -0.2) is 8.42 Å². The Balaban J connectivity index is 1.31. The molecule has 1 fully saturated rings. The van der Waals surface area contributed by atoms with Crippen LogP contribution >= 0.6 is 0 Å². The first-order valence-electron chi connectivity index (χ1n) is 11.6. The number of rotatable bonds is 7. The number of ether oxygens (including phenoxy) is 1. The maximum Gasteiger partial charge on any atom is 0.243 e. The lowest BCUT2D eigenvalue weighted by Crippen LogP contribution is -2.54. The summed E-state index contributed by atoms with van der Waals surface area (Å²) in [5.74, 6) is 0.721. The number of nitrogens with one attached hydrogen (secondary N) is 1. The normalized spacial score (nSPS) is 18.4. The van der Waals surface area contributed by atoms with Crippen LogP contribution in [0.3, 0.4) is 0 Å². The molecule has 0 bridgehead atoms. The predicted octanol–water partition coefficient (Wildman–Crippen LogP) is 2.59. The van der Waals surface area contributed by atoms with E-state index in [4.69, 9.17) is 4.74 Å². The average molecular weight is 472 g/mol. The van der Waals surface area contributed by atoms with Gasteiger partial charge >= 0.3 is 0 Å². The Labute approximate surface area is 196 Å². The summed E-state index contributed by atoms with van der Waals surface area (Å²) < 4.78 is 33.1. The van der Waals surface area contributed by atoms with Gasteiger partial charge in [-0.1, -0.05) is 18.2 Å². The van der Waals surface area contributed by atoms with E-state index in [9.17, 15) is 13.2 Å². The number of benzene rings is 2. The molecule has 178 valence electrons. The monoisotopic (exact) mass is 471 g/mol. The van der Waals surface area contributed by atoms with E-state index in [0.29, 0.717) is 37.6 Å². The average Bonchev–Trinajstić information content (AvgIpc) is 2.86. The lowest BCUT2D eigenvalue weighted by atomic mass is 9.92. The van der Waals surface area contributed by atoms with Crippen LogP contribution in [0.5, 0.6) is 5.75 Å². The standard InChI is InChI=1S/C25H33N3O4S/c1-19(25(29)26-18-20-7-10-23(32-2)11-8-20)27-13-15-28(16-14-27)33(30,31)24-12-9-21-5-3-4-6-22(21)17-24/h7-12,17,19H,3-6,13-16,18H2,1-2H3,(H,26,29)/t19-/m1/s1. The Kier molecular flexibility index (Phi) is 7.36. The van der Waals surface area contributed by atoms with E-state index >= 15 is 0 Å². The third kappa shape index (κ3) is 5.39. The zero-order valence-corrected chi connectivity index (χ0v) is 20.2. The van der Waals surface area contributed by atoms with Crippen molar-refractivity contribution in [1.29, 1.82) is 0 Å². The molecule has 0 radical (unpaired) electrons. The number of methoxy groups -OCH3 is 1. The molecular formula is C25H33N3O4S. The van der Waals surface area contributed by atoms with Gasteiger partial charge in [0.15, 0.2) is 0 Å². The summed E-state index contributed by atoms with van der Waals surface area (Å²) in [5.41, 5.74) is 3.44. The van der Waals surface area contributed by atoms with Gasteiger partial charge in [0.2, 0.25) is 15.9 Å². The second-order valence-corrected chi connectivity index (χ2v) is 10.8. The minimum atomic E-state index is -3.52. The second-order valence-electron chi connectivity index (χ2n) is 8.82. The smallest absolute Gasteiger partial charge is 0.243 e. The van der Waals surface area contributed by atoms with Crippen molar-refractivity contribution >= 4 is 15.9 Å². The van der Waals surface area contributed by atoms with Crippen molar-refractivity contribution in [3.63, 3.8) is 0 Å². The molecule has 1 N–H and O–H groups in total. The fourth-order valence-corrected chi connectivity index (χ4v) is 6.07. The van der Waals surface area contributed by atoms with Gasteiger partial charge in [-0.3, -0.25) is 9.69 Å². The molecule has 0 spiro atoms. The number of amides is 1. The summed E-state index contributed by atoms with van der Waals surface area (Å²) >= 11 is 0. The number of carbonyl (C=O) groups excluding carboxylic acids is 1. The lowest BCUT2D eigenvalue weighted by Gasteiger charge is -2.36. The maximum atomic E-state index is 13.2. The number of piperazine rings is 1. The van der Waals surface area contributed by atoms with Gasteiger partial charge in [-0.2, -0.15) is 4.31 Å². The number of nitrogens with zero attached hydrogens (tertiary/aromatic N) is 2. The first kappa shape index (κ1) is 23.7. The van der Waals surface area contributed by atoms with Gasteiger partial charge in [-0.15, -0.1) is 0 Å². The van der Waals surface area contributed by atoms with Crippen LogP contribution in [-0.4, -0.2) is 62.9 Å². The number of hydrogen-bond acceptors (Lipinski definition) is 5. The molecule has 0 unspecified atom stereocenters. The van der Waals surface area contributed by atoms with Crippen molar-refractivity contribution in [2.24, 2.45) is 0 Å². The van der Waals surface area contributed by atoms with E-state index in [0.717, 1.165) is 30.6 Å². The SMILES string of the molecule is COc1ccc(CNC(=O)[C@@H](C)N2CCN(S(=O)(=O)c3ccc4c(c3)CCCC4)CC2)cc1. The molecular weight excluding hydrogens is 438 g/mol. The molecule has 1 amide bonds. The molecule has 1 aliphatic heterocycles. The molecule has 4 rings (SSSR count). The minimum Gasteiger partial charge on any atom is -0.497 e. The molecule has 1 heterocycles. The van der Waals surface area contributed by atoms with E-state index < -0.39 is 10.0 Å². The van der Waals surface area contributed by atoms with Crippen molar-refractivity contribution in [3.8, 4) is 5.75 Å². The second kappa shape index (κ2) is 10.2. The Morgan fingerprint density at radius 3 is 2.33 bits per heavy atom. The van der Waals surface area contributed by atoms with Gasteiger partial charge in [-0.05, 0) is 73.6 Å². The highest BCUT2D eigenvalue weighted by Crippen LogP contribution is 2.26. The van der Waals surface area contributed by atoms with Gasteiger partial charge in [0.05, 0.1) is 18.0 Å². The first-order valence-corrected chi connectivity index (χ1v) is 13.1. The highest BCUT2D eigenvalue weighted by Gasteiger charge is 2.32. The van der Waals surface area contributed by atoms with Crippen LogP contribution in [0.4, 0.5) is 0 Å². The Bertz CT molecular complexity index is 1080. The van der Waals surface area contributed by atoms with Crippen LogP contribution in [0.25, 0.3) is 0 Å². The van der Waals surface area contributed by atoms with E-state index in [1.807, 2.05) is 48.2 Å². The third-order valence-corrected chi connectivity index (χ3v) is 8.68. The number of fused-ring (bicyclic) bond motifs is 1. The first-order chi connectivity index (χ1) is 15.9. The summed E-state index contributed by atoms with van der Waals surface area (Å²) in [6, 6.07) is 12.9. The fraction of sp³-hybridized carbons (Fsp3) is 0.480. The van der Waals surface area contributed by atoms with Crippen molar-refractivity contribution in [3.05, 3.63) is 59.2 Å². The molecule has 2 aliphatic rings. The molecule has 1 aliphatic carbocycles. The lowest BCUT2D eigenvalue weighted by molar-refractivity contribution is -0.126. The molecule has 2 aromatic rings. The molecule has 2 aromatic carbocycles. The highest BCUT2D eigenvalue weighted by atomic mass is 32.2. The van der Waals surface area contributed by atoms with Crippen molar-refractivity contribution in [1.82, 2.24) is 14.5 Å². The van der Waals surface area contributed by atoms with E-state index in [1.54, 1.807) is 17.5 Å². The number of hydrogen-bond donors (Lipinski definition) is 1. The van der Waals surface area contributed by atoms with Crippen molar-refractivity contribution in [2.45, 2.75) is 50.1 Å². The molecule has 0 saturated carbocycles.